The van der Waals surface area contributed by atoms with Gasteiger partial charge in [0.1, 0.15) is 6.10 Å². The Kier molecular flexibility index (Phi) is 3.81. The molecule has 0 bridgehead atoms. The van der Waals surface area contributed by atoms with Gasteiger partial charge in [0.15, 0.2) is 9.84 Å². The van der Waals surface area contributed by atoms with E-state index in [9.17, 15) is 13.5 Å². The third kappa shape index (κ3) is 2.72. The second kappa shape index (κ2) is 4.41. The van der Waals surface area contributed by atoms with E-state index in [1.807, 2.05) is 0 Å². The van der Waals surface area contributed by atoms with Gasteiger partial charge in [0.25, 0.3) is 0 Å². The van der Waals surface area contributed by atoms with Crippen molar-refractivity contribution in [1.29, 1.82) is 0 Å². The normalized spacial score (nSPS) is 18.1. The minimum absolute atomic E-state index is 0.440. The summed E-state index contributed by atoms with van der Waals surface area (Å²) in [6.45, 7) is 0. The summed E-state index contributed by atoms with van der Waals surface area (Å²) >= 11 is 8.61. The number of alkyl halides is 2. The molecule has 0 aromatic heterocycles. The van der Waals surface area contributed by atoms with Crippen molar-refractivity contribution in [3.8, 4) is 0 Å². The first-order chi connectivity index (χ1) is 6.77. The Balaban J connectivity index is 3.11. The lowest BCUT2D eigenvalue weighted by molar-refractivity contribution is 0.185. The number of hydrogen-bond donors (Lipinski definition) is 1. The van der Waals surface area contributed by atoms with Gasteiger partial charge in [0.05, 0.1) is 0 Å². The molecule has 0 unspecified atom stereocenters. The Morgan fingerprint density at radius 1 is 1.40 bits per heavy atom. The van der Waals surface area contributed by atoms with Crippen molar-refractivity contribution in [2.75, 3.05) is 6.26 Å². The molecule has 0 saturated heterocycles. The quantitative estimate of drug-likeness (QED) is 0.869. The van der Waals surface area contributed by atoms with Crippen molar-refractivity contribution >= 4 is 37.4 Å². The summed E-state index contributed by atoms with van der Waals surface area (Å²) in [7, 11) is -3.62. The zero-order valence-corrected chi connectivity index (χ0v) is 11.1. The lowest BCUT2D eigenvalue weighted by Gasteiger charge is -2.24. The zero-order valence-electron chi connectivity index (χ0n) is 7.89. The standard InChI is InChI=1S/C9H10BrClO3S/c1-15(13,14)9(10,11)8(12)7-5-3-2-4-6-7/h2-6,8,12H,1H3/t8-,9-/m1/s1. The average Bonchev–Trinajstić information content (AvgIpc) is 2.16. The van der Waals surface area contributed by atoms with E-state index in [0.717, 1.165) is 6.26 Å². The van der Waals surface area contributed by atoms with Gasteiger partial charge in [-0.3, -0.25) is 0 Å². The van der Waals surface area contributed by atoms with Gasteiger partial charge in [0.2, 0.25) is 3.12 Å². The minimum Gasteiger partial charge on any atom is -0.385 e. The molecule has 0 aliphatic carbocycles. The van der Waals surface area contributed by atoms with Crippen LogP contribution in [0.5, 0.6) is 0 Å². The summed E-state index contributed by atoms with van der Waals surface area (Å²) in [6, 6.07) is 8.37. The topological polar surface area (TPSA) is 54.4 Å². The molecule has 2 atom stereocenters. The molecule has 0 fully saturated rings. The third-order valence-corrected chi connectivity index (χ3v) is 6.39. The van der Waals surface area contributed by atoms with Crippen molar-refractivity contribution < 1.29 is 13.5 Å². The molecule has 6 heteroatoms. The largest absolute Gasteiger partial charge is 0.385 e. The van der Waals surface area contributed by atoms with E-state index < -0.39 is 19.1 Å². The molecule has 84 valence electrons. The van der Waals surface area contributed by atoms with Gasteiger partial charge in [-0.1, -0.05) is 41.9 Å². The molecular weight excluding hydrogens is 304 g/mol. The number of benzene rings is 1. The van der Waals surface area contributed by atoms with E-state index in [0.29, 0.717) is 5.56 Å². The van der Waals surface area contributed by atoms with Crippen molar-refractivity contribution in [3.05, 3.63) is 35.9 Å². The molecule has 0 aliphatic heterocycles. The number of sulfone groups is 1. The summed E-state index contributed by atoms with van der Waals surface area (Å²) in [5, 5.41) is 9.83. The van der Waals surface area contributed by atoms with Crippen molar-refractivity contribution in [2.24, 2.45) is 0 Å². The van der Waals surface area contributed by atoms with E-state index in [1.165, 1.54) is 0 Å². The Morgan fingerprint density at radius 2 is 1.87 bits per heavy atom. The maximum Gasteiger partial charge on any atom is 0.228 e. The second-order valence-electron chi connectivity index (χ2n) is 3.15. The Hall–Kier alpha value is -0.100. The molecular formula is C9H10BrClO3S. The maximum atomic E-state index is 11.3. The fraction of sp³-hybridized carbons (Fsp3) is 0.333. The van der Waals surface area contributed by atoms with Crippen LogP contribution in [0.4, 0.5) is 0 Å². The van der Waals surface area contributed by atoms with Crippen LogP contribution in [-0.4, -0.2) is 22.9 Å². The van der Waals surface area contributed by atoms with Gasteiger partial charge in [-0.05, 0) is 21.5 Å². The lowest BCUT2D eigenvalue weighted by atomic mass is 10.1. The van der Waals surface area contributed by atoms with Crippen LogP contribution in [0.25, 0.3) is 0 Å². The number of aliphatic hydroxyl groups is 1. The molecule has 1 rings (SSSR count). The number of halogens is 2. The van der Waals surface area contributed by atoms with Gasteiger partial charge in [-0.25, -0.2) is 8.42 Å². The number of aliphatic hydroxyl groups excluding tert-OH is 1. The van der Waals surface area contributed by atoms with Crippen LogP contribution < -0.4 is 0 Å². The number of rotatable bonds is 3. The molecule has 0 aliphatic rings. The van der Waals surface area contributed by atoms with Crippen LogP contribution in [0.15, 0.2) is 30.3 Å². The van der Waals surface area contributed by atoms with Gasteiger partial charge in [0, 0.05) is 6.26 Å². The Morgan fingerprint density at radius 3 is 2.27 bits per heavy atom. The van der Waals surface area contributed by atoms with Crippen molar-refractivity contribution in [3.63, 3.8) is 0 Å². The van der Waals surface area contributed by atoms with Crippen LogP contribution >= 0.6 is 27.5 Å². The van der Waals surface area contributed by atoms with Gasteiger partial charge in [-0.15, -0.1) is 0 Å². The van der Waals surface area contributed by atoms with Crippen molar-refractivity contribution in [2.45, 2.75) is 9.22 Å². The minimum atomic E-state index is -3.62. The highest BCUT2D eigenvalue weighted by Gasteiger charge is 2.44. The smallest absolute Gasteiger partial charge is 0.228 e. The van der Waals surface area contributed by atoms with Crippen LogP contribution in [0, 0.1) is 0 Å². The molecule has 15 heavy (non-hydrogen) atoms. The first-order valence-electron chi connectivity index (χ1n) is 4.07. The molecule has 0 spiro atoms. The summed E-state index contributed by atoms with van der Waals surface area (Å²) < 4.78 is 20.8. The number of hydrogen-bond acceptors (Lipinski definition) is 3. The molecule has 1 aromatic rings. The van der Waals surface area contributed by atoms with Gasteiger partial charge < -0.3 is 5.11 Å². The van der Waals surface area contributed by atoms with Gasteiger partial charge in [-0.2, -0.15) is 0 Å². The fourth-order valence-electron chi connectivity index (χ4n) is 1.03. The average molecular weight is 314 g/mol. The summed E-state index contributed by atoms with van der Waals surface area (Å²) in [5.41, 5.74) is 0.440. The fourth-order valence-corrected chi connectivity index (χ4v) is 1.96. The summed E-state index contributed by atoms with van der Waals surface area (Å²) in [4.78, 5) is 0. The summed E-state index contributed by atoms with van der Waals surface area (Å²) in [5.74, 6) is 0. The Labute approximate surface area is 102 Å². The molecule has 3 nitrogen and oxygen atoms in total. The lowest BCUT2D eigenvalue weighted by Crippen LogP contribution is -2.32. The zero-order chi connectivity index (χ0) is 11.7. The monoisotopic (exact) mass is 312 g/mol. The summed E-state index contributed by atoms with van der Waals surface area (Å²) in [6.07, 6.45) is -0.364. The van der Waals surface area contributed by atoms with Crippen LogP contribution in [-0.2, 0) is 9.84 Å². The predicted octanol–water partition coefficient (Wildman–Crippen LogP) is 2.05. The van der Waals surface area contributed by atoms with E-state index in [4.69, 9.17) is 11.6 Å². The van der Waals surface area contributed by atoms with Crippen LogP contribution in [0.3, 0.4) is 0 Å². The third-order valence-electron chi connectivity index (χ3n) is 1.93. The van der Waals surface area contributed by atoms with Crippen LogP contribution in [0.2, 0.25) is 0 Å². The molecule has 0 amide bonds. The second-order valence-corrected chi connectivity index (χ2v) is 8.39. The Bertz CT molecular complexity index is 430. The first kappa shape index (κ1) is 13.0. The van der Waals surface area contributed by atoms with E-state index >= 15 is 0 Å². The van der Waals surface area contributed by atoms with Crippen molar-refractivity contribution in [1.82, 2.24) is 0 Å². The first-order valence-corrected chi connectivity index (χ1v) is 7.13. The highest BCUT2D eigenvalue weighted by molar-refractivity contribution is 9.12. The molecule has 0 saturated carbocycles. The highest BCUT2D eigenvalue weighted by atomic mass is 79.9. The van der Waals surface area contributed by atoms with Crippen LogP contribution in [0.1, 0.15) is 11.7 Å². The molecule has 0 heterocycles. The molecule has 1 N–H and O–H groups in total. The van der Waals surface area contributed by atoms with Gasteiger partial charge >= 0.3 is 0 Å². The maximum absolute atomic E-state index is 11.3. The van der Waals surface area contributed by atoms with E-state index in [1.54, 1.807) is 30.3 Å². The highest BCUT2D eigenvalue weighted by Crippen LogP contribution is 2.41. The van der Waals surface area contributed by atoms with E-state index in [2.05, 4.69) is 15.9 Å². The molecule has 1 aromatic carbocycles. The SMILES string of the molecule is CS(=O)(=O)[C@@](Cl)(Br)[C@H](O)c1ccccc1. The molecule has 0 radical (unpaired) electrons. The van der Waals surface area contributed by atoms with E-state index in [-0.39, 0.29) is 0 Å². The predicted molar refractivity (Wildman–Crippen MR) is 63.8 cm³/mol.